The molecule has 1 aliphatic heterocycles. The van der Waals surface area contributed by atoms with Crippen molar-refractivity contribution in [2.24, 2.45) is 0 Å². The van der Waals surface area contributed by atoms with E-state index in [2.05, 4.69) is 10.6 Å². The molecule has 2 aromatic rings. The molecule has 0 radical (unpaired) electrons. The molecule has 1 aliphatic rings. The first-order chi connectivity index (χ1) is 12.0. The van der Waals surface area contributed by atoms with E-state index in [4.69, 9.17) is 27.9 Å². The van der Waals surface area contributed by atoms with Gasteiger partial charge in [-0.05, 0) is 36.4 Å². The minimum absolute atomic E-state index is 0.183. The molecule has 2 N–H and O–H groups in total. The maximum atomic E-state index is 13.9. The number of methoxy groups -OCH3 is 1. The molecule has 1 saturated heterocycles. The summed E-state index contributed by atoms with van der Waals surface area (Å²) in [6, 6.07) is 9.50. The molecule has 0 bridgehead atoms. The number of hydrogen-bond donors (Lipinski definition) is 2. The second-order valence-corrected chi connectivity index (χ2v) is 7.09. The van der Waals surface area contributed by atoms with Gasteiger partial charge in [0.05, 0.1) is 22.7 Å². The number of carbonyl (C=O) groups excluding carboxylic acids is 1. The number of hydrogen-bond acceptors (Lipinski definition) is 4. The number of rotatable bonds is 4. The van der Waals surface area contributed by atoms with Crippen molar-refractivity contribution in [3.8, 4) is 5.75 Å². The number of amides is 1. The Morgan fingerprint density at radius 1 is 1.32 bits per heavy atom. The Hall–Kier alpha value is -1.89. The molecule has 0 spiro atoms. The van der Waals surface area contributed by atoms with Crippen molar-refractivity contribution >= 4 is 52.6 Å². The van der Waals surface area contributed by atoms with Gasteiger partial charge >= 0.3 is 0 Å². The predicted molar refractivity (Wildman–Crippen MR) is 101 cm³/mol. The highest BCUT2D eigenvalue weighted by atomic mass is 35.5. The van der Waals surface area contributed by atoms with Gasteiger partial charge in [0.25, 0.3) is 5.91 Å². The predicted octanol–water partition coefficient (Wildman–Crippen LogP) is 4.74. The van der Waals surface area contributed by atoms with Gasteiger partial charge in [-0.2, -0.15) is 0 Å². The zero-order chi connectivity index (χ0) is 18.0. The van der Waals surface area contributed by atoms with Gasteiger partial charge in [0.2, 0.25) is 0 Å². The number of ether oxygens (including phenoxy) is 1. The number of benzene rings is 2. The number of nitrogens with one attached hydrogen (secondary N) is 2. The lowest BCUT2D eigenvalue weighted by molar-refractivity contribution is -0.116. The Kier molecular flexibility index (Phi) is 5.42. The first kappa shape index (κ1) is 17.9. The molecule has 0 saturated carbocycles. The van der Waals surface area contributed by atoms with E-state index < -0.39 is 11.3 Å². The van der Waals surface area contributed by atoms with Crippen LogP contribution in [0.1, 0.15) is 5.56 Å². The van der Waals surface area contributed by atoms with E-state index in [0.717, 1.165) is 0 Å². The summed E-state index contributed by atoms with van der Waals surface area (Å²) in [5, 5.41) is 6.67. The van der Waals surface area contributed by atoms with Gasteiger partial charge in [-0.15, -0.1) is 0 Å². The first-order valence-corrected chi connectivity index (χ1v) is 8.85. The molecule has 25 heavy (non-hydrogen) atoms. The lowest BCUT2D eigenvalue weighted by Crippen LogP contribution is -2.31. The Bertz CT molecular complexity index is 840. The summed E-state index contributed by atoms with van der Waals surface area (Å²) in [6.07, 6.45) is 1.44. The van der Waals surface area contributed by atoms with Crippen molar-refractivity contribution in [1.82, 2.24) is 5.32 Å². The molecule has 0 aliphatic carbocycles. The summed E-state index contributed by atoms with van der Waals surface area (Å²) in [4.78, 5) is 12.5. The van der Waals surface area contributed by atoms with Crippen molar-refractivity contribution in [2.75, 3.05) is 12.4 Å². The molecule has 3 rings (SSSR count). The van der Waals surface area contributed by atoms with Crippen LogP contribution in [0.5, 0.6) is 5.75 Å². The van der Waals surface area contributed by atoms with Crippen LogP contribution in [0.25, 0.3) is 6.08 Å². The van der Waals surface area contributed by atoms with Crippen LogP contribution < -0.4 is 15.4 Å². The molecule has 0 aromatic heterocycles. The highest BCUT2D eigenvalue weighted by molar-refractivity contribution is 8.05. The molecule has 1 unspecified atom stereocenters. The quantitative estimate of drug-likeness (QED) is 0.730. The highest BCUT2D eigenvalue weighted by Gasteiger charge is 2.28. The fourth-order valence-electron chi connectivity index (χ4n) is 2.28. The fourth-order valence-corrected chi connectivity index (χ4v) is 3.63. The van der Waals surface area contributed by atoms with Crippen LogP contribution in [0.4, 0.5) is 10.1 Å². The molecule has 1 fully saturated rings. The molecule has 1 amide bonds. The van der Waals surface area contributed by atoms with Gasteiger partial charge in [0.15, 0.2) is 5.50 Å². The van der Waals surface area contributed by atoms with Gasteiger partial charge in [-0.1, -0.05) is 41.0 Å². The van der Waals surface area contributed by atoms with Crippen molar-refractivity contribution in [1.29, 1.82) is 0 Å². The van der Waals surface area contributed by atoms with Crippen molar-refractivity contribution in [2.45, 2.75) is 5.50 Å². The van der Waals surface area contributed by atoms with E-state index in [1.807, 2.05) is 0 Å². The van der Waals surface area contributed by atoms with E-state index in [0.29, 0.717) is 21.4 Å². The summed E-state index contributed by atoms with van der Waals surface area (Å²) in [6.45, 7) is 0. The normalized spacial score (nSPS) is 18.3. The van der Waals surface area contributed by atoms with Gasteiger partial charge in [-0.3, -0.25) is 4.79 Å². The molecule has 1 heterocycles. The topological polar surface area (TPSA) is 50.4 Å². The summed E-state index contributed by atoms with van der Waals surface area (Å²) >= 11 is 13.2. The number of carbonyl (C=O) groups is 1. The lowest BCUT2D eigenvalue weighted by Gasteiger charge is -2.15. The smallest absolute Gasteiger partial charge is 0.260 e. The van der Waals surface area contributed by atoms with Gasteiger partial charge in [0, 0.05) is 10.6 Å². The number of thioether (sulfide) groups is 1. The van der Waals surface area contributed by atoms with Crippen molar-refractivity contribution < 1.29 is 13.9 Å². The molecule has 2 aromatic carbocycles. The summed E-state index contributed by atoms with van der Waals surface area (Å²) in [5.74, 6) is -0.210. The molecular formula is C17H13Cl2FN2O2S. The molecule has 4 nitrogen and oxygen atoms in total. The fraction of sp³-hybridized carbons (Fsp3) is 0.118. The summed E-state index contributed by atoms with van der Waals surface area (Å²) in [5.41, 5.74) is 0.373. The van der Waals surface area contributed by atoms with Gasteiger partial charge in [0.1, 0.15) is 11.6 Å². The lowest BCUT2D eigenvalue weighted by atomic mass is 10.2. The largest absolute Gasteiger partial charge is 0.495 e. The van der Waals surface area contributed by atoms with Crippen LogP contribution >= 0.6 is 35.0 Å². The minimum atomic E-state index is -0.485. The third kappa shape index (κ3) is 4.03. The van der Waals surface area contributed by atoms with Crippen LogP contribution in [0.3, 0.4) is 0 Å². The van der Waals surface area contributed by atoms with Crippen LogP contribution in [0.2, 0.25) is 10.0 Å². The monoisotopic (exact) mass is 398 g/mol. The average molecular weight is 399 g/mol. The number of anilines is 1. The van der Waals surface area contributed by atoms with E-state index in [-0.39, 0.29) is 16.5 Å². The molecule has 1 atom stereocenters. The van der Waals surface area contributed by atoms with Crippen LogP contribution in [-0.4, -0.2) is 18.5 Å². The standard InChI is InChI=1S/C17H13Cl2FN2O2S/c1-24-14-6-5-9(18)7-13(14)21-17-22-16(23)15(25-17)8-10-11(19)3-2-4-12(10)20/h2-8,17,21H,1H3,(H,22,23)/b15-8-. The van der Waals surface area contributed by atoms with E-state index in [1.54, 1.807) is 31.4 Å². The average Bonchev–Trinajstić information content (AvgIpc) is 2.91. The maximum Gasteiger partial charge on any atom is 0.260 e. The summed E-state index contributed by atoms with van der Waals surface area (Å²) < 4.78 is 19.2. The van der Waals surface area contributed by atoms with Crippen LogP contribution in [0, 0.1) is 5.82 Å². The Balaban J connectivity index is 1.82. The maximum absolute atomic E-state index is 13.9. The van der Waals surface area contributed by atoms with Gasteiger partial charge in [-0.25, -0.2) is 4.39 Å². The third-order valence-electron chi connectivity index (χ3n) is 3.45. The van der Waals surface area contributed by atoms with Crippen molar-refractivity contribution in [3.63, 3.8) is 0 Å². The SMILES string of the molecule is COc1ccc(Cl)cc1NC1NC(=O)/C(=C/c2c(F)cccc2Cl)S1. The van der Waals surface area contributed by atoms with E-state index in [9.17, 15) is 9.18 Å². The highest BCUT2D eigenvalue weighted by Crippen LogP contribution is 2.35. The minimum Gasteiger partial charge on any atom is -0.495 e. The molecular weight excluding hydrogens is 386 g/mol. The Labute approximate surface area is 158 Å². The molecule has 8 heteroatoms. The second-order valence-electron chi connectivity index (χ2n) is 5.10. The Morgan fingerprint density at radius 2 is 2.12 bits per heavy atom. The van der Waals surface area contributed by atoms with Crippen LogP contribution in [0.15, 0.2) is 41.3 Å². The Morgan fingerprint density at radius 3 is 2.84 bits per heavy atom. The second kappa shape index (κ2) is 7.56. The van der Waals surface area contributed by atoms with E-state index >= 15 is 0 Å². The van der Waals surface area contributed by atoms with Crippen LogP contribution in [-0.2, 0) is 4.79 Å². The third-order valence-corrected chi connectivity index (χ3v) is 5.05. The first-order valence-electron chi connectivity index (χ1n) is 7.21. The van der Waals surface area contributed by atoms with Gasteiger partial charge < -0.3 is 15.4 Å². The zero-order valence-corrected chi connectivity index (χ0v) is 15.3. The zero-order valence-electron chi connectivity index (χ0n) is 13.0. The number of halogens is 3. The molecule has 130 valence electrons. The van der Waals surface area contributed by atoms with E-state index in [1.165, 1.54) is 30.0 Å². The summed E-state index contributed by atoms with van der Waals surface area (Å²) in [7, 11) is 1.54. The van der Waals surface area contributed by atoms with Crippen molar-refractivity contribution in [3.05, 3.63) is 62.7 Å².